The Balaban J connectivity index is 1.81. The summed E-state index contributed by atoms with van der Waals surface area (Å²) in [7, 11) is 0. The van der Waals surface area contributed by atoms with Crippen molar-refractivity contribution in [2.45, 2.75) is 25.4 Å². The maximum atomic E-state index is 4.14. The van der Waals surface area contributed by atoms with E-state index in [9.17, 15) is 0 Å². The van der Waals surface area contributed by atoms with Crippen molar-refractivity contribution in [3.05, 3.63) is 30.0 Å². The first kappa shape index (κ1) is 12.1. The molecule has 0 radical (unpaired) electrons. The van der Waals surface area contributed by atoms with E-state index in [-0.39, 0.29) is 0 Å². The number of hydrogen-bond acceptors (Lipinski definition) is 3. The van der Waals surface area contributed by atoms with Crippen molar-refractivity contribution in [1.29, 1.82) is 0 Å². The molecule has 3 rings (SSSR count). The molecular formula is C14H19N3S. The van der Waals surface area contributed by atoms with Gasteiger partial charge < -0.3 is 0 Å². The Kier molecular flexibility index (Phi) is 3.57. The smallest absolute Gasteiger partial charge is 0.0695 e. The molecule has 3 nitrogen and oxygen atoms in total. The second-order valence-corrected chi connectivity index (χ2v) is 5.88. The van der Waals surface area contributed by atoms with E-state index >= 15 is 0 Å². The quantitative estimate of drug-likeness (QED) is 0.918. The Morgan fingerprint density at radius 1 is 1.50 bits per heavy atom. The van der Waals surface area contributed by atoms with Crippen LogP contribution in [0.25, 0.3) is 10.9 Å². The lowest BCUT2D eigenvalue weighted by atomic mass is 10.1. The molecule has 2 aromatic rings. The van der Waals surface area contributed by atoms with Crippen molar-refractivity contribution < 1.29 is 0 Å². The van der Waals surface area contributed by atoms with Crippen molar-refractivity contribution in [2.75, 3.05) is 18.6 Å². The molecule has 18 heavy (non-hydrogen) atoms. The Labute approximate surface area is 112 Å². The molecule has 1 saturated heterocycles. The van der Waals surface area contributed by atoms with Gasteiger partial charge >= 0.3 is 0 Å². The molecule has 1 N–H and O–H groups in total. The Morgan fingerprint density at radius 3 is 3.33 bits per heavy atom. The molecule has 1 aromatic carbocycles. The molecule has 0 saturated carbocycles. The summed E-state index contributed by atoms with van der Waals surface area (Å²) in [6, 6.07) is 7.21. The summed E-state index contributed by atoms with van der Waals surface area (Å²) in [5, 5.41) is 8.49. The topological polar surface area (TPSA) is 31.9 Å². The van der Waals surface area contributed by atoms with Gasteiger partial charge in [-0.1, -0.05) is 18.2 Å². The van der Waals surface area contributed by atoms with Crippen LogP contribution in [0.2, 0.25) is 0 Å². The molecule has 0 amide bonds. The number of aromatic nitrogens is 2. The van der Waals surface area contributed by atoms with Crippen LogP contribution in [-0.4, -0.2) is 39.7 Å². The average molecular weight is 261 g/mol. The number of fused-ring (bicyclic) bond motifs is 1. The average Bonchev–Trinajstić information content (AvgIpc) is 3.00. The number of thioether (sulfide) groups is 1. The van der Waals surface area contributed by atoms with Crippen LogP contribution < -0.4 is 0 Å². The fraction of sp³-hybridized carbons (Fsp3) is 0.500. The number of aromatic amines is 1. The van der Waals surface area contributed by atoms with Gasteiger partial charge in [0.05, 0.1) is 11.7 Å². The Bertz CT molecular complexity index is 522. The molecule has 1 atom stereocenters. The number of para-hydroxylation sites is 1. The highest BCUT2D eigenvalue weighted by Crippen LogP contribution is 2.24. The van der Waals surface area contributed by atoms with Gasteiger partial charge in [0.25, 0.3) is 0 Å². The van der Waals surface area contributed by atoms with E-state index in [1.165, 1.54) is 41.6 Å². The number of rotatable bonds is 4. The second-order valence-electron chi connectivity index (χ2n) is 4.97. The van der Waals surface area contributed by atoms with E-state index in [1.807, 2.05) is 18.0 Å². The van der Waals surface area contributed by atoms with Gasteiger partial charge in [0.1, 0.15) is 0 Å². The SMILES string of the molecule is CSC[C@@H]1CCCN1Cc1cccc2cn[nH]c12. The van der Waals surface area contributed by atoms with Crippen LogP contribution in [0.15, 0.2) is 24.4 Å². The molecule has 0 spiro atoms. The summed E-state index contributed by atoms with van der Waals surface area (Å²) in [5.74, 6) is 1.25. The Hall–Kier alpha value is -1.00. The molecule has 96 valence electrons. The summed E-state index contributed by atoms with van der Waals surface area (Å²) in [4.78, 5) is 2.62. The molecule has 1 fully saturated rings. The monoisotopic (exact) mass is 261 g/mol. The van der Waals surface area contributed by atoms with Gasteiger partial charge in [0.15, 0.2) is 0 Å². The maximum absolute atomic E-state index is 4.14. The molecule has 1 aliphatic heterocycles. The number of benzene rings is 1. The first-order valence-electron chi connectivity index (χ1n) is 6.52. The van der Waals surface area contributed by atoms with Gasteiger partial charge in [-0.2, -0.15) is 16.9 Å². The van der Waals surface area contributed by atoms with E-state index in [0.717, 1.165) is 12.6 Å². The number of nitrogens with one attached hydrogen (secondary N) is 1. The van der Waals surface area contributed by atoms with E-state index in [1.54, 1.807) is 0 Å². The highest BCUT2D eigenvalue weighted by Gasteiger charge is 2.24. The highest BCUT2D eigenvalue weighted by molar-refractivity contribution is 7.98. The van der Waals surface area contributed by atoms with Crippen molar-refractivity contribution in [2.24, 2.45) is 0 Å². The number of likely N-dealkylation sites (tertiary alicyclic amines) is 1. The van der Waals surface area contributed by atoms with Gasteiger partial charge in [-0.3, -0.25) is 10.00 Å². The summed E-state index contributed by atoms with van der Waals surface area (Å²) in [6.45, 7) is 2.28. The third kappa shape index (κ3) is 2.27. The highest BCUT2D eigenvalue weighted by atomic mass is 32.2. The molecule has 2 heterocycles. The van der Waals surface area contributed by atoms with E-state index in [0.29, 0.717) is 0 Å². The number of H-pyrrole nitrogens is 1. The summed E-state index contributed by atoms with van der Waals surface area (Å²) >= 11 is 1.96. The van der Waals surface area contributed by atoms with Crippen LogP contribution in [0.5, 0.6) is 0 Å². The molecule has 4 heteroatoms. The first-order valence-corrected chi connectivity index (χ1v) is 7.92. The van der Waals surface area contributed by atoms with E-state index in [4.69, 9.17) is 0 Å². The normalized spacial score (nSPS) is 20.8. The van der Waals surface area contributed by atoms with Crippen LogP contribution in [-0.2, 0) is 6.54 Å². The van der Waals surface area contributed by atoms with Crippen LogP contribution in [0.3, 0.4) is 0 Å². The largest absolute Gasteiger partial charge is 0.295 e. The van der Waals surface area contributed by atoms with Crippen LogP contribution in [0.1, 0.15) is 18.4 Å². The zero-order valence-electron chi connectivity index (χ0n) is 10.7. The fourth-order valence-electron chi connectivity index (χ4n) is 2.87. The van der Waals surface area contributed by atoms with Gasteiger partial charge in [-0.05, 0) is 31.2 Å². The zero-order valence-corrected chi connectivity index (χ0v) is 11.5. The molecule has 0 unspecified atom stereocenters. The predicted molar refractivity (Wildman–Crippen MR) is 77.9 cm³/mol. The van der Waals surface area contributed by atoms with Crippen LogP contribution in [0.4, 0.5) is 0 Å². The second kappa shape index (κ2) is 5.33. The molecule has 1 aliphatic rings. The number of nitrogens with zero attached hydrogens (tertiary/aromatic N) is 2. The van der Waals surface area contributed by atoms with Crippen molar-refractivity contribution >= 4 is 22.7 Å². The van der Waals surface area contributed by atoms with E-state index in [2.05, 4.69) is 39.6 Å². The lowest BCUT2D eigenvalue weighted by molar-refractivity contribution is 0.265. The first-order chi connectivity index (χ1) is 8.88. The minimum absolute atomic E-state index is 0.748. The van der Waals surface area contributed by atoms with Crippen LogP contribution >= 0.6 is 11.8 Å². The minimum atomic E-state index is 0.748. The maximum Gasteiger partial charge on any atom is 0.0695 e. The summed E-state index contributed by atoms with van der Waals surface area (Å²) in [6.07, 6.45) is 6.79. The standard InChI is InChI=1S/C14H19N3S/c1-18-10-13-6-3-7-17(13)9-12-5-2-4-11-8-15-16-14(11)12/h2,4-5,8,13H,3,6-7,9-10H2,1H3,(H,15,16)/t13-/m0/s1. The number of hydrogen-bond donors (Lipinski definition) is 1. The zero-order chi connectivity index (χ0) is 12.4. The summed E-state index contributed by atoms with van der Waals surface area (Å²) in [5.41, 5.74) is 2.57. The van der Waals surface area contributed by atoms with Gasteiger partial charge in [0.2, 0.25) is 0 Å². The third-order valence-electron chi connectivity index (χ3n) is 3.79. The molecular weight excluding hydrogens is 242 g/mol. The molecule has 0 bridgehead atoms. The Morgan fingerprint density at radius 2 is 2.44 bits per heavy atom. The lowest BCUT2D eigenvalue weighted by Crippen LogP contribution is -2.30. The van der Waals surface area contributed by atoms with Crippen molar-refractivity contribution in [1.82, 2.24) is 15.1 Å². The third-order valence-corrected chi connectivity index (χ3v) is 4.51. The van der Waals surface area contributed by atoms with Gasteiger partial charge in [0, 0.05) is 23.7 Å². The molecule has 0 aliphatic carbocycles. The summed E-state index contributed by atoms with van der Waals surface area (Å²) < 4.78 is 0. The van der Waals surface area contributed by atoms with Gasteiger partial charge in [-0.25, -0.2) is 0 Å². The van der Waals surface area contributed by atoms with Crippen molar-refractivity contribution in [3.8, 4) is 0 Å². The molecule has 1 aromatic heterocycles. The minimum Gasteiger partial charge on any atom is -0.295 e. The van der Waals surface area contributed by atoms with E-state index < -0.39 is 0 Å². The van der Waals surface area contributed by atoms with Gasteiger partial charge in [-0.15, -0.1) is 0 Å². The van der Waals surface area contributed by atoms with Crippen molar-refractivity contribution in [3.63, 3.8) is 0 Å². The predicted octanol–water partition coefficient (Wildman–Crippen LogP) is 2.89. The lowest BCUT2D eigenvalue weighted by Gasteiger charge is -2.24. The van der Waals surface area contributed by atoms with Crippen LogP contribution in [0, 0.1) is 0 Å². The fourth-order valence-corrected chi connectivity index (χ4v) is 3.63.